The maximum Gasteiger partial charge on any atom is 0.457 e. The maximum atomic E-state index is 12.6. The fraction of sp³-hybridized carbons (Fsp3) is 0.364. The number of amides is 1. The van der Waals surface area contributed by atoms with Crippen LogP contribution in [0.5, 0.6) is 5.75 Å². The molecular formula is C11H9F4NO3. The molecule has 0 spiro atoms. The molecular weight excluding hydrogens is 270 g/mol. The number of rotatable bonds is 3. The maximum absolute atomic E-state index is 12.6. The van der Waals surface area contributed by atoms with Crippen LogP contribution in [0, 0.1) is 0 Å². The topological polar surface area (TPSA) is 38.8 Å². The normalized spacial score (nSPS) is 17.3. The molecule has 2 rings (SSSR count). The molecule has 1 heterocycles. The summed E-state index contributed by atoms with van der Waals surface area (Å²) in [4.78, 5) is 12.5. The van der Waals surface area contributed by atoms with Crippen molar-refractivity contribution >= 4 is 11.8 Å². The van der Waals surface area contributed by atoms with Crippen LogP contribution < -0.4 is 9.64 Å². The Hall–Kier alpha value is -1.99. The summed E-state index contributed by atoms with van der Waals surface area (Å²) in [5.41, 5.74) is 0.442. The first-order chi connectivity index (χ1) is 8.88. The molecule has 1 aromatic rings. The Balaban J connectivity index is 2.04. The van der Waals surface area contributed by atoms with Gasteiger partial charge in [-0.05, 0) is 24.3 Å². The summed E-state index contributed by atoms with van der Waals surface area (Å²) >= 11 is 0. The van der Waals surface area contributed by atoms with E-state index in [0.717, 1.165) is 12.1 Å². The summed E-state index contributed by atoms with van der Waals surface area (Å²) in [6.45, 7) is 0.602. The van der Waals surface area contributed by atoms with Gasteiger partial charge in [-0.1, -0.05) is 0 Å². The van der Waals surface area contributed by atoms with Crippen LogP contribution in [0.3, 0.4) is 0 Å². The number of anilines is 1. The summed E-state index contributed by atoms with van der Waals surface area (Å²) in [5, 5.41) is 0. The minimum atomic E-state index is -5.07. The van der Waals surface area contributed by atoms with Crippen molar-refractivity contribution in [2.75, 3.05) is 18.1 Å². The van der Waals surface area contributed by atoms with E-state index < -0.39 is 18.6 Å². The Bertz CT molecular complexity index is 460. The van der Waals surface area contributed by atoms with Crippen LogP contribution in [0.2, 0.25) is 0 Å². The molecule has 0 radical (unpaired) electrons. The number of cyclic esters (lactones) is 1. The molecule has 8 heteroatoms. The zero-order valence-electron chi connectivity index (χ0n) is 9.48. The van der Waals surface area contributed by atoms with Crippen molar-refractivity contribution in [3.63, 3.8) is 0 Å². The lowest BCUT2D eigenvalue weighted by Crippen LogP contribution is -2.29. The molecule has 1 unspecified atom stereocenters. The monoisotopic (exact) mass is 279 g/mol. The molecule has 1 amide bonds. The number of nitrogens with zero attached hydrogens (tertiary/aromatic N) is 1. The minimum absolute atomic E-state index is 0.248. The van der Waals surface area contributed by atoms with Gasteiger partial charge in [0.1, 0.15) is 12.4 Å². The van der Waals surface area contributed by atoms with Crippen LogP contribution in [-0.2, 0) is 4.74 Å². The van der Waals surface area contributed by atoms with Crippen molar-refractivity contribution in [1.82, 2.24) is 0 Å². The van der Waals surface area contributed by atoms with E-state index in [1.807, 2.05) is 0 Å². The lowest BCUT2D eigenvalue weighted by Gasteiger charge is -2.16. The Morgan fingerprint density at radius 3 is 2.37 bits per heavy atom. The molecule has 0 aliphatic carbocycles. The second-order valence-corrected chi connectivity index (χ2v) is 3.74. The van der Waals surface area contributed by atoms with Crippen molar-refractivity contribution in [1.29, 1.82) is 0 Å². The van der Waals surface area contributed by atoms with Crippen LogP contribution in [0.1, 0.15) is 0 Å². The summed E-state index contributed by atoms with van der Waals surface area (Å²) in [6.07, 6.45) is -8.99. The van der Waals surface area contributed by atoms with Gasteiger partial charge in [0, 0.05) is 5.69 Å². The molecule has 0 bridgehead atoms. The first kappa shape index (κ1) is 13.4. The van der Waals surface area contributed by atoms with Gasteiger partial charge in [0.25, 0.3) is 0 Å². The molecule has 4 nitrogen and oxygen atoms in total. The van der Waals surface area contributed by atoms with E-state index >= 15 is 0 Å². The van der Waals surface area contributed by atoms with Gasteiger partial charge >= 0.3 is 18.6 Å². The van der Waals surface area contributed by atoms with E-state index in [2.05, 4.69) is 4.74 Å². The number of halogens is 4. The third-order valence-electron chi connectivity index (χ3n) is 2.41. The Kier molecular flexibility index (Phi) is 3.50. The van der Waals surface area contributed by atoms with Crippen molar-refractivity contribution in [3.8, 4) is 5.75 Å². The largest absolute Gasteiger partial charge is 0.457 e. The van der Waals surface area contributed by atoms with Crippen molar-refractivity contribution in [2.45, 2.75) is 12.5 Å². The second-order valence-electron chi connectivity index (χ2n) is 3.74. The van der Waals surface area contributed by atoms with Gasteiger partial charge in [0.15, 0.2) is 0 Å². The van der Waals surface area contributed by atoms with Gasteiger partial charge in [0.2, 0.25) is 0 Å². The average molecular weight is 279 g/mol. The molecule has 1 fully saturated rings. The molecule has 0 N–H and O–H groups in total. The predicted octanol–water partition coefficient (Wildman–Crippen LogP) is 2.88. The van der Waals surface area contributed by atoms with Crippen LogP contribution >= 0.6 is 0 Å². The lowest BCUT2D eigenvalue weighted by atomic mass is 10.3. The lowest BCUT2D eigenvalue weighted by molar-refractivity contribution is -0.236. The highest BCUT2D eigenvalue weighted by Crippen LogP contribution is 2.28. The number of carbonyl (C=O) groups excluding carboxylic acids is 1. The molecule has 0 aromatic heterocycles. The van der Waals surface area contributed by atoms with Gasteiger partial charge in [0.05, 0.1) is 6.54 Å². The van der Waals surface area contributed by atoms with Gasteiger partial charge in [-0.25, -0.2) is 4.79 Å². The number of benzene rings is 1. The van der Waals surface area contributed by atoms with E-state index in [1.54, 1.807) is 0 Å². The molecule has 1 aromatic carbocycles. The number of carbonyl (C=O) groups is 1. The van der Waals surface area contributed by atoms with Gasteiger partial charge in [-0.2, -0.15) is 17.6 Å². The molecule has 1 aliphatic rings. The van der Waals surface area contributed by atoms with E-state index in [9.17, 15) is 22.4 Å². The van der Waals surface area contributed by atoms with E-state index in [-0.39, 0.29) is 12.4 Å². The van der Waals surface area contributed by atoms with Crippen molar-refractivity contribution < 1.29 is 31.8 Å². The van der Waals surface area contributed by atoms with Gasteiger partial charge < -0.3 is 9.47 Å². The third kappa shape index (κ3) is 3.07. The van der Waals surface area contributed by atoms with E-state index in [0.29, 0.717) is 12.2 Å². The van der Waals surface area contributed by atoms with Crippen LogP contribution in [0.4, 0.5) is 28.0 Å². The average Bonchev–Trinajstić information content (AvgIpc) is 2.75. The number of hydrogen-bond donors (Lipinski definition) is 0. The van der Waals surface area contributed by atoms with Gasteiger partial charge in [-0.15, -0.1) is 0 Å². The van der Waals surface area contributed by atoms with E-state index in [4.69, 9.17) is 4.74 Å². The standard InChI is InChI=1S/C11H9F4NO3/c12-9(11(13,14)15)19-8-3-1-7(2-4-8)16-5-6-18-10(16)17/h1-4,9H,5-6H2. The molecule has 104 valence electrons. The molecule has 1 aliphatic heterocycles. The summed E-state index contributed by atoms with van der Waals surface area (Å²) in [6, 6.07) is 5.01. The molecule has 1 saturated heterocycles. The third-order valence-corrected chi connectivity index (χ3v) is 2.41. The highest BCUT2D eigenvalue weighted by molar-refractivity contribution is 5.89. The highest BCUT2D eigenvalue weighted by atomic mass is 19.4. The first-order valence-corrected chi connectivity index (χ1v) is 5.30. The van der Waals surface area contributed by atoms with Crippen molar-refractivity contribution in [2.24, 2.45) is 0 Å². The SMILES string of the molecule is O=C1OCCN1c1ccc(OC(F)C(F)(F)F)cc1. The summed E-state index contributed by atoms with van der Waals surface area (Å²) in [5.74, 6) is -0.277. The van der Waals surface area contributed by atoms with Crippen molar-refractivity contribution in [3.05, 3.63) is 24.3 Å². The smallest absolute Gasteiger partial charge is 0.452 e. The first-order valence-electron chi connectivity index (χ1n) is 5.30. The van der Waals surface area contributed by atoms with Gasteiger partial charge in [-0.3, -0.25) is 4.90 Å². The molecule has 19 heavy (non-hydrogen) atoms. The Morgan fingerprint density at radius 1 is 1.26 bits per heavy atom. The quantitative estimate of drug-likeness (QED) is 0.798. The second kappa shape index (κ2) is 4.94. The number of ether oxygens (including phenoxy) is 2. The summed E-state index contributed by atoms with van der Waals surface area (Å²) < 4.78 is 57.3. The fourth-order valence-corrected chi connectivity index (χ4v) is 1.52. The highest BCUT2D eigenvalue weighted by Gasteiger charge is 2.42. The van der Waals surface area contributed by atoms with Crippen LogP contribution in [0.25, 0.3) is 0 Å². The zero-order chi connectivity index (χ0) is 14.0. The predicted molar refractivity (Wildman–Crippen MR) is 56.7 cm³/mol. The van der Waals surface area contributed by atoms with E-state index in [1.165, 1.54) is 17.0 Å². The number of alkyl halides is 4. The van der Waals surface area contributed by atoms with Crippen LogP contribution in [-0.4, -0.2) is 31.8 Å². The Morgan fingerprint density at radius 2 is 1.89 bits per heavy atom. The molecule has 0 saturated carbocycles. The zero-order valence-corrected chi connectivity index (χ0v) is 9.48. The number of hydrogen-bond acceptors (Lipinski definition) is 3. The Labute approximate surface area is 105 Å². The molecule has 1 atom stereocenters. The summed E-state index contributed by atoms with van der Waals surface area (Å²) in [7, 11) is 0. The fourth-order valence-electron chi connectivity index (χ4n) is 1.52. The minimum Gasteiger partial charge on any atom is -0.452 e. The van der Waals surface area contributed by atoms with Crippen LogP contribution in [0.15, 0.2) is 24.3 Å².